The normalized spacial score (nSPS) is 17.8. The van der Waals surface area contributed by atoms with Crippen LogP contribution in [0.15, 0.2) is 23.8 Å². The molecule has 1 aliphatic carbocycles. The lowest BCUT2D eigenvalue weighted by Crippen LogP contribution is -2.17. The summed E-state index contributed by atoms with van der Waals surface area (Å²) < 4.78 is 7.18. The van der Waals surface area contributed by atoms with Gasteiger partial charge in [-0.2, -0.15) is 4.91 Å². The first-order valence-corrected chi connectivity index (χ1v) is 7.65. The molecule has 0 amide bonds. The Kier molecular flexibility index (Phi) is 4.10. The topological polar surface area (TPSA) is 56.0 Å². The molecule has 2 aromatic heterocycles. The van der Waals surface area contributed by atoms with Gasteiger partial charge < -0.3 is 4.74 Å². The van der Waals surface area contributed by atoms with Crippen LogP contribution in [0.1, 0.15) is 43.8 Å². The minimum Gasteiger partial charge on any atom is -0.495 e. The number of pyridine rings is 1. The zero-order chi connectivity index (χ0) is 14.8. The highest BCUT2D eigenvalue weighted by Crippen LogP contribution is 2.40. The van der Waals surface area contributed by atoms with E-state index in [0.717, 1.165) is 36.9 Å². The number of nitrogens with zero attached hydrogens (tertiary/aromatic N) is 3. The van der Waals surface area contributed by atoms with Gasteiger partial charge in [-0.3, -0.25) is 4.40 Å². The van der Waals surface area contributed by atoms with E-state index in [0.29, 0.717) is 10.8 Å². The van der Waals surface area contributed by atoms with Crippen LogP contribution in [0.4, 0.5) is 0 Å². The molecule has 5 nitrogen and oxygen atoms in total. The first-order chi connectivity index (χ1) is 10.3. The van der Waals surface area contributed by atoms with Gasteiger partial charge in [-0.05, 0) is 18.8 Å². The van der Waals surface area contributed by atoms with E-state index in [4.69, 9.17) is 16.3 Å². The average Bonchev–Trinajstić information content (AvgIpc) is 3.01. The Morgan fingerprint density at radius 2 is 2.19 bits per heavy atom. The molecule has 1 fully saturated rings. The predicted molar refractivity (Wildman–Crippen MR) is 81.9 cm³/mol. The number of nitroso groups, excluding NO2 is 1. The summed E-state index contributed by atoms with van der Waals surface area (Å²) in [4.78, 5) is 15.6. The minimum atomic E-state index is -0.381. The molecule has 1 unspecified atom stereocenters. The van der Waals surface area contributed by atoms with E-state index in [2.05, 4.69) is 10.2 Å². The molecule has 2 aromatic rings. The van der Waals surface area contributed by atoms with Gasteiger partial charge in [-0.25, -0.2) is 4.98 Å². The smallest absolute Gasteiger partial charge is 0.141 e. The molecule has 3 rings (SSSR count). The van der Waals surface area contributed by atoms with Crippen molar-refractivity contribution >= 4 is 17.1 Å². The first-order valence-electron chi connectivity index (χ1n) is 7.27. The number of hydrogen-bond acceptors (Lipinski definition) is 4. The molecule has 112 valence electrons. The monoisotopic (exact) mass is 307 g/mol. The highest BCUT2D eigenvalue weighted by atomic mass is 35.5. The molecule has 0 radical (unpaired) electrons. The van der Waals surface area contributed by atoms with Crippen molar-refractivity contribution in [1.29, 1.82) is 0 Å². The van der Waals surface area contributed by atoms with Crippen LogP contribution in [0, 0.1) is 10.8 Å². The molecule has 0 aromatic carbocycles. The molecular formula is C15H18ClN3O2. The first kappa shape index (κ1) is 14.3. The summed E-state index contributed by atoms with van der Waals surface area (Å²) in [5, 5.41) is 3.93. The summed E-state index contributed by atoms with van der Waals surface area (Å²) in [5.74, 6) is 0.844. The predicted octanol–water partition coefficient (Wildman–Crippen LogP) is 4.38. The van der Waals surface area contributed by atoms with Gasteiger partial charge >= 0.3 is 0 Å². The van der Waals surface area contributed by atoms with Crippen LogP contribution in [-0.2, 0) is 0 Å². The van der Waals surface area contributed by atoms with E-state index in [1.165, 1.54) is 6.42 Å². The summed E-state index contributed by atoms with van der Waals surface area (Å²) in [7, 11) is 1.57. The van der Waals surface area contributed by atoms with Gasteiger partial charge in [0.2, 0.25) is 0 Å². The molecule has 0 spiro atoms. The number of methoxy groups -OCH3 is 1. The van der Waals surface area contributed by atoms with Crippen molar-refractivity contribution in [2.24, 2.45) is 11.1 Å². The zero-order valence-electron chi connectivity index (χ0n) is 12.0. The Bertz CT molecular complexity index is 650. The molecule has 0 N–H and O–H groups in total. The van der Waals surface area contributed by atoms with Gasteiger partial charge in [-0.1, -0.05) is 36.0 Å². The third kappa shape index (κ3) is 2.50. The molecule has 1 aliphatic rings. The lowest BCUT2D eigenvalue weighted by molar-refractivity contribution is 0.303. The molecular weight excluding hydrogens is 290 g/mol. The van der Waals surface area contributed by atoms with E-state index in [-0.39, 0.29) is 12.0 Å². The highest BCUT2D eigenvalue weighted by Gasteiger charge is 2.29. The van der Waals surface area contributed by atoms with Gasteiger partial charge in [0.1, 0.15) is 16.8 Å². The van der Waals surface area contributed by atoms with Gasteiger partial charge in [0.25, 0.3) is 0 Å². The molecule has 0 aliphatic heterocycles. The molecule has 0 bridgehead atoms. The fraction of sp³-hybridized carbons (Fsp3) is 0.533. The fourth-order valence-electron chi connectivity index (χ4n) is 3.26. The Balaban J connectivity index is 2.10. The molecule has 21 heavy (non-hydrogen) atoms. The van der Waals surface area contributed by atoms with Crippen molar-refractivity contribution in [2.45, 2.75) is 38.1 Å². The van der Waals surface area contributed by atoms with Gasteiger partial charge in [-0.15, -0.1) is 0 Å². The van der Waals surface area contributed by atoms with E-state index in [9.17, 15) is 4.91 Å². The van der Waals surface area contributed by atoms with Gasteiger partial charge in [0.05, 0.1) is 30.8 Å². The number of rotatable bonds is 4. The largest absolute Gasteiger partial charge is 0.495 e. The van der Waals surface area contributed by atoms with Gasteiger partial charge in [0.15, 0.2) is 0 Å². The maximum absolute atomic E-state index is 11.5. The number of fused-ring (bicyclic) bond motifs is 1. The molecule has 2 heterocycles. The Hall–Kier alpha value is -1.62. The number of hydrogen-bond donors (Lipinski definition) is 0. The molecule has 1 atom stereocenters. The second kappa shape index (κ2) is 6.02. The Labute approximate surface area is 128 Å². The average molecular weight is 308 g/mol. The van der Waals surface area contributed by atoms with Crippen LogP contribution < -0.4 is 4.74 Å². The Morgan fingerprint density at radius 1 is 1.43 bits per heavy atom. The van der Waals surface area contributed by atoms with Crippen molar-refractivity contribution in [1.82, 2.24) is 9.38 Å². The quantitative estimate of drug-likeness (QED) is 0.787. The summed E-state index contributed by atoms with van der Waals surface area (Å²) >= 11 is 6.29. The van der Waals surface area contributed by atoms with Crippen LogP contribution in [0.5, 0.6) is 5.75 Å². The second-order valence-corrected chi connectivity index (χ2v) is 5.93. The lowest BCUT2D eigenvalue weighted by Gasteiger charge is -2.26. The Morgan fingerprint density at radius 3 is 2.86 bits per heavy atom. The van der Waals surface area contributed by atoms with Crippen molar-refractivity contribution < 1.29 is 4.74 Å². The fourth-order valence-corrected chi connectivity index (χ4v) is 3.54. The van der Waals surface area contributed by atoms with E-state index >= 15 is 0 Å². The van der Waals surface area contributed by atoms with Crippen LogP contribution in [0.25, 0.3) is 5.52 Å². The van der Waals surface area contributed by atoms with Crippen LogP contribution in [0.3, 0.4) is 0 Å². The third-order valence-electron chi connectivity index (χ3n) is 4.37. The standard InChI is InChI=1S/C15H18ClN3O2/c1-21-13-7-11(19-9-17-8-12(19)14(13)16)15(18-20)10-5-3-2-4-6-10/h7-10,15H,2-6H2,1H3. The molecule has 1 saturated carbocycles. The van der Waals surface area contributed by atoms with Crippen molar-refractivity contribution in [3.8, 4) is 5.75 Å². The van der Waals surface area contributed by atoms with Gasteiger partial charge in [0, 0.05) is 6.07 Å². The summed E-state index contributed by atoms with van der Waals surface area (Å²) in [6.07, 6.45) is 9.00. The van der Waals surface area contributed by atoms with Crippen molar-refractivity contribution in [3.05, 3.63) is 34.2 Å². The summed E-state index contributed by atoms with van der Waals surface area (Å²) in [5.41, 5.74) is 1.56. The van der Waals surface area contributed by atoms with Crippen LogP contribution >= 0.6 is 11.6 Å². The number of ether oxygens (including phenoxy) is 1. The summed E-state index contributed by atoms with van der Waals surface area (Å²) in [6, 6.07) is 1.44. The molecule has 0 saturated heterocycles. The zero-order valence-corrected chi connectivity index (χ0v) is 12.7. The van der Waals surface area contributed by atoms with E-state index in [1.807, 2.05) is 10.5 Å². The maximum Gasteiger partial charge on any atom is 0.141 e. The summed E-state index contributed by atoms with van der Waals surface area (Å²) in [6.45, 7) is 0. The number of aromatic nitrogens is 2. The van der Waals surface area contributed by atoms with Crippen LogP contribution in [-0.4, -0.2) is 16.5 Å². The van der Waals surface area contributed by atoms with E-state index < -0.39 is 0 Å². The maximum atomic E-state index is 11.5. The number of halogens is 1. The van der Waals surface area contributed by atoms with E-state index in [1.54, 1.807) is 19.6 Å². The minimum absolute atomic E-state index is 0.285. The van der Waals surface area contributed by atoms with Crippen molar-refractivity contribution in [2.75, 3.05) is 7.11 Å². The SMILES string of the molecule is COc1cc(C(N=O)C2CCCCC2)n2cncc2c1Cl. The van der Waals surface area contributed by atoms with Crippen molar-refractivity contribution in [3.63, 3.8) is 0 Å². The molecule has 6 heteroatoms. The number of imidazole rings is 1. The third-order valence-corrected chi connectivity index (χ3v) is 4.75. The second-order valence-electron chi connectivity index (χ2n) is 5.55. The highest BCUT2D eigenvalue weighted by molar-refractivity contribution is 6.35. The lowest BCUT2D eigenvalue weighted by atomic mass is 9.83. The van der Waals surface area contributed by atoms with Crippen LogP contribution in [0.2, 0.25) is 5.02 Å².